The van der Waals surface area contributed by atoms with Crippen molar-refractivity contribution < 1.29 is 14.4 Å². The highest BCUT2D eigenvalue weighted by Gasteiger charge is 2.51. The third-order valence-electron chi connectivity index (χ3n) is 7.52. The van der Waals surface area contributed by atoms with Crippen LogP contribution in [0, 0.1) is 17.8 Å². The topological polar surface area (TPSA) is 42.8 Å². The number of carbonyl (C=O) groups is 1. The molecule has 1 atom stereocenters. The zero-order chi connectivity index (χ0) is 20.0. The van der Waals surface area contributed by atoms with Crippen LogP contribution in [0.15, 0.2) is 36.4 Å². The first kappa shape index (κ1) is 18.9. The maximum Gasteiger partial charge on any atom is 0.275 e. The highest BCUT2D eigenvalue weighted by Crippen LogP contribution is 2.55. The number of ether oxygens (including phenoxy) is 1. The Morgan fingerprint density at radius 3 is 2.31 bits per heavy atom. The molecule has 4 nitrogen and oxygen atoms in total. The van der Waals surface area contributed by atoms with Crippen LogP contribution in [0.4, 0.5) is 0 Å². The number of fused-ring (bicyclic) bond motifs is 1. The molecule has 2 aromatic carbocycles. The summed E-state index contributed by atoms with van der Waals surface area (Å²) in [4.78, 5) is 14.1. The molecule has 4 fully saturated rings. The van der Waals surface area contributed by atoms with Gasteiger partial charge in [-0.3, -0.25) is 4.79 Å². The van der Waals surface area contributed by atoms with Crippen LogP contribution in [-0.2, 0) is 11.3 Å². The summed E-state index contributed by atoms with van der Waals surface area (Å²) in [5, 5.41) is 5.91. The number of carbonyl (C=O) groups excluding carboxylic acids is 1. The lowest BCUT2D eigenvalue weighted by molar-refractivity contribution is -0.885. The Morgan fingerprint density at radius 2 is 1.66 bits per heavy atom. The van der Waals surface area contributed by atoms with Crippen molar-refractivity contribution in [3.05, 3.63) is 42.0 Å². The number of hydrogen-bond donors (Lipinski definition) is 2. The van der Waals surface area contributed by atoms with Crippen molar-refractivity contribution in [3.63, 3.8) is 0 Å². The molecular weight excluding hydrogens is 360 g/mol. The number of methoxy groups -OCH3 is 1. The fraction of sp³-hybridized carbons (Fsp3) is 0.560. The van der Waals surface area contributed by atoms with Crippen LogP contribution in [0.2, 0.25) is 0 Å². The van der Waals surface area contributed by atoms with Gasteiger partial charge in [0.15, 0.2) is 6.54 Å². The third kappa shape index (κ3) is 3.87. The molecular formula is C25H33N2O2+. The van der Waals surface area contributed by atoms with Crippen molar-refractivity contribution in [2.45, 2.75) is 50.6 Å². The molecule has 29 heavy (non-hydrogen) atoms. The van der Waals surface area contributed by atoms with Gasteiger partial charge in [-0.15, -0.1) is 0 Å². The molecule has 0 radical (unpaired) electrons. The minimum Gasteiger partial charge on any atom is -0.497 e. The number of amides is 1. The van der Waals surface area contributed by atoms with E-state index in [0.717, 1.165) is 30.0 Å². The van der Waals surface area contributed by atoms with Gasteiger partial charge in [0.25, 0.3) is 5.91 Å². The average molecular weight is 394 g/mol. The molecule has 4 aliphatic carbocycles. The van der Waals surface area contributed by atoms with Gasteiger partial charge in [0, 0.05) is 11.1 Å². The molecule has 4 aliphatic rings. The van der Waals surface area contributed by atoms with Gasteiger partial charge in [-0.05, 0) is 85.3 Å². The second-order valence-corrected chi connectivity index (χ2v) is 10.1. The maximum atomic E-state index is 12.9. The van der Waals surface area contributed by atoms with E-state index in [-0.39, 0.29) is 11.4 Å². The first-order chi connectivity index (χ1) is 14.0. The Kier molecular flexibility index (Phi) is 4.78. The van der Waals surface area contributed by atoms with Crippen molar-refractivity contribution in [2.24, 2.45) is 17.8 Å². The molecule has 6 rings (SSSR count). The van der Waals surface area contributed by atoms with E-state index in [1.807, 2.05) is 6.07 Å². The van der Waals surface area contributed by atoms with Gasteiger partial charge in [-0.2, -0.15) is 0 Å². The summed E-state index contributed by atoms with van der Waals surface area (Å²) in [5.74, 6) is 3.71. The smallest absolute Gasteiger partial charge is 0.275 e. The summed E-state index contributed by atoms with van der Waals surface area (Å²) < 4.78 is 5.31. The Morgan fingerprint density at radius 1 is 1.03 bits per heavy atom. The zero-order valence-electron chi connectivity index (χ0n) is 17.7. The minimum absolute atomic E-state index is 0.119. The zero-order valence-corrected chi connectivity index (χ0v) is 17.7. The molecule has 2 N–H and O–H groups in total. The summed E-state index contributed by atoms with van der Waals surface area (Å²) in [7, 11) is 3.82. The quantitative estimate of drug-likeness (QED) is 0.792. The molecule has 0 aliphatic heterocycles. The number of benzene rings is 2. The van der Waals surface area contributed by atoms with E-state index in [2.05, 4.69) is 42.7 Å². The van der Waals surface area contributed by atoms with E-state index in [9.17, 15) is 4.79 Å². The summed E-state index contributed by atoms with van der Waals surface area (Å²) in [6.45, 7) is 1.40. The van der Waals surface area contributed by atoms with Crippen LogP contribution in [0.25, 0.3) is 10.8 Å². The molecule has 4 heteroatoms. The van der Waals surface area contributed by atoms with Crippen molar-refractivity contribution >= 4 is 16.7 Å². The maximum absolute atomic E-state index is 12.9. The fourth-order valence-corrected chi connectivity index (χ4v) is 6.80. The summed E-state index contributed by atoms with van der Waals surface area (Å²) >= 11 is 0. The van der Waals surface area contributed by atoms with Crippen molar-refractivity contribution in [2.75, 3.05) is 20.7 Å². The van der Waals surface area contributed by atoms with Crippen LogP contribution in [-0.4, -0.2) is 32.1 Å². The Balaban J connectivity index is 1.20. The van der Waals surface area contributed by atoms with Gasteiger partial charge in [0.2, 0.25) is 0 Å². The van der Waals surface area contributed by atoms with Gasteiger partial charge in [-0.1, -0.05) is 18.2 Å². The number of nitrogens with one attached hydrogen (secondary N) is 2. The molecule has 1 amide bonds. The highest BCUT2D eigenvalue weighted by molar-refractivity contribution is 5.84. The molecule has 0 heterocycles. The van der Waals surface area contributed by atoms with Crippen molar-refractivity contribution in [1.29, 1.82) is 0 Å². The summed E-state index contributed by atoms with van der Waals surface area (Å²) in [6.07, 6.45) is 7.89. The fourth-order valence-electron chi connectivity index (χ4n) is 6.80. The predicted molar refractivity (Wildman–Crippen MR) is 115 cm³/mol. The van der Waals surface area contributed by atoms with E-state index < -0.39 is 0 Å². The summed E-state index contributed by atoms with van der Waals surface area (Å²) in [5.41, 5.74) is 1.39. The van der Waals surface area contributed by atoms with Crippen molar-refractivity contribution in [1.82, 2.24) is 5.32 Å². The summed E-state index contributed by atoms with van der Waals surface area (Å²) in [6, 6.07) is 12.7. The van der Waals surface area contributed by atoms with Crippen LogP contribution in [0.1, 0.15) is 44.1 Å². The number of quaternary nitrogens is 1. The lowest BCUT2D eigenvalue weighted by Crippen LogP contribution is -3.09. The predicted octanol–water partition coefficient (Wildman–Crippen LogP) is 2.95. The molecule has 0 aromatic heterocycles. The number of hydrogen-bond acceptors (Lipinski definition) is 2. The van der Waals surface area contributed by atoms with E-state index in [0.29, 0.717) is 6.54 Å². The molecule has 4 saturated carbocycles. The monoisotopic (exact) mass is 393 g/mol. The lowest BCUT2D eigenvalue weighted by atomic mass is 9.53. The molecule has 1 unspecified atom stereocenters. The largest absolute Gasteiger partial charge is 0.497 e. The van der Waals surface area contributed by atoms with Gasteiger partial charge >= 0.3 is 0 Å². The van der Waals surface area contributed by atoms with E-state index in [4.69, 9.17) is 4.74 Å². The number of rotatable bonds is 6. The van der Waals surface area contributed by atoms with Crippen LogP contribution >= 0.6 is 0 Å². The van der Waals surface area contributed by atoms with Crippen LogP contribution in [0.5, 0.6) is 5.75 Å². The normalized spacial score (nSPS) is 31.0. The van der Waals surface area contributed by atoms with Gasteiger partial charge < -0.3 is 15.0 Å². The van der Waals surface area contributed by atoms with Crippen LogP contribution < -0.4 is 15.0 Å². The second kappa shape index (κ2) is 7.32. The van der Waals surface area contributed by atoms with E-state index in [1.54, 1.807) is 7.11 Å². The molecule has 0 saturated heterocycles. The van der Waals surface area contributed by atoms with Crippen molar-refractivity contribution in [3.8, 4) is 5.75 Å². The Hall–Kier alpha value is -2.07. The molecule has 2 aromatic rings. The number of likely N-dealkylation sites (N-methyl/N-ethyl adjacent to an activating group) is 1. The highest BCUT2D eigenvalue weighted by atomic mass is 16.5. The SMILES string of the molecule is COc1ccc2cc(C[NH+](C)CC(=O)NC34CC5CC(CC(C5)C3)C4)ccc2c1. The minimum atomic E-state index is 0.119. The molecule has 154 valence electrons. The third-order valence-corrected chi connectivity index (χ3v) is 7.52. The first-order valence-corrected chi connectivity index (χ1v) is 11.2. The average Bonchev–Trinajstić information content (AvgIpc) is 2.65. The molecule has 0 spiro atoms. The second-order valence-electron chi connectivity index (χ2n) is 10.1. The van der Waals surface area contributed by atoms with E-state index >= 15 is 0 Å². The van der Waals surface area contributed by atoms with Crippen LogP contribution in [0.3, 0.4) is 0 Å². The van der Waals surface area contributed by atoms with E-state index in [1.165, 1.54) is 59.8 Å². The molecule has 4 bridgehead atoms. The lowest BCUT2D eigenvalue weighted by Gasteiger charge is -2.56. The Bertz CT molecular complexity index is 887. The standard InChI is InChI=1S/C25H32N2O2/c1-27(15-17-3-4-22-11-23(29-2)6-5-21(22)10-17)16-24(28)26-25-12-18-7-19(13-25)9-20(8-18)14-25/h3-6,10-11,18-20H,7-9,12-16H2,1-2H3,(H,26,28)/p+1. The van der Waals surface area contributed by atoms with Gasteiger partial charge in [0.1, 0.15) is 12.3 Å². The van der Waals surface area contributed by atoms with Gasteiger partial charge in [0.05, 0.1) is 14.2 Å². The Labute approximate surface area is 173 Å². The van der Waals surface area contributed by atoms with Gasteiger partial charge in [-0.25, -0.2) is 0 Å². The first-order valence-electron chi connectivity index (χ1n) is 11.2.